The Morgan fingerprint density at radius 3 is 2.69 bits per heavy atom. The number of piperidine rings is 1. The molecule has 3 aliphatic rings. The van der Waals surface area contributed by atoms with Crippen LogP contribution in [0.15, 0.2) is 36.7 Å². The zero-order valence-electron chi connectivity index (χ0n) is 14.3. The van der Waals surface area contributed by atoms with E-state index in [1.807, 2.05) is 35.2 Å². The first kappa shape index (κ1) is 15.4. The summed E-state index contributed by atoms with van der Waals surface area (Å²) >= 11 is 0. The first-order valence-electron chi connectivity index (χ1n) is 9.04. The van der Waals surface area contributed by atoms with Gasteiger partial charge in [-0.2, -0.15) is 0 Å². The molecule has 0 radical (unpaired) electrons. The fraction of sp³-hybridized carbons (Fsp3) is 0.421. The first-order valence-corrected chi connectivity index (χ1v) is 9.04. The number of rotatable bonds is 3. The Balaban J connectivity index is 1.29. The van der Waals surface area contributed by atoms with Crippen LogP contribution in [0.3, 0.4) is 0 Å². The summed E-state index contributed by atoms with van der Waals surface area (Å²) in [6, 6.07) is 6.63. The highest BCUT2D eigenvalue weighted by atomic mass is 16.7. The van der Waals surface area contributed by atoms with Crippen molar-refractivity contribution in [1.82, 2.24) is 19.9 Å². The molecule has 26 heavy (non-hydrogen) atoms. The minimum atomic E-state index is 0.0900. The summed E-state index contributed by atoms with van der Waals surface area (Å²) in [5.41, 5.74) is 0.937. The molecule has 2 saturated heterocycles. The summed E-state index contributed by atoms with van der Waals surface area (Å²) in [5, 5.41) is 8.05. The van der Waals surface area contributed by atoms with Gasteiger partial charge in [0.1, 0.15) is 0 Å². The minimum absolute atomic E-state index is 0.0900. The molecule has 4 heterocycles. The highest BCUT2D eigenvalue weighted by molar-refractivity contribution is 5.92. The maximum absolute atomic E-state index is 12.8. The minimum Gasteiger partial charge on any atom is -0.454 e. The summed E-state index contributed by atoms with van der Waals surface area (Å²) in [5.74, 6) is 1.57. The lowest BCUT2D eigenvalue weighted by molar-refractivity contribution is -0.130. The molecule has 1 aromatic heterocycles. The van der Waals surface area contributed by atoms with Gasteiger partial charge in [-0.25, -0.2) is 4.68 Å². The van der Waals surface area contributed by atoms with Crippen LogP contribution in [0.2, 0.25) is 0 Å². The molecule has 0 aliphatic carbocycles. The van der Waals surface area contributed by atoms with E-state index in [9.17, 15) is 4.79 Å². The molecule has 1 amide bonds. The zero-order valence-corrected chi connectivity index (χ0v) is 14.3. The lowest BCUT2D eigenvalue weighted by Crippen LogP contribution is -2.46. The largest absolute Gasteiger partial charge is 0.454 e. The van der Waals surface area contributed by atoms with Gasteiger partial charge in [0.05, 0.1) is 12.2 Å². The number of benzene rings is 1. The van der Waals surface area contributed by atoms with Crippen molar-refractivity contribution in [3.8, 4) is 11.5 Å². The highest BCUT2D eigenvalue weighted by Crippen LogP contribution is 2.40. The Morgan fingerprint density at radius 2 is 1.92 bits per heavy atom. The molecule has 5 rings (SSSR count). The molecule has 7 nitrogen and oxygen atoms in total. The lowest BCUT2D eigenvalue weighted by atomic mass is 9.97. The Morgan fingerprint density at radius 1 is 1.12 bits per heavy atom. The predicted molar refractivity (Wildman–Crippen MR) is 93.5 cm³/mol. The number of aromatic nitrogens is 3. The molecule has 0 saturated carbocycles. The summed E-state index contributed by atoms with van der Waals surface area (Å²) in [6.07, 6.45) is 11.2. The second-order valence-corrected chi connectivity index (χ2v) is 7.08. The lowest BCUT2D eigenvalue weighted by Gasteiger charge is -2.38. The molecule has 0 spiro atoms. The second-order valence-electron chi connectivity index (χ2n) is 7.08. The zero-order chi connectivity index (χ0) is 17.5. The predicted octanol–water partition coefficient (Wildman–Crippen LogP) is 2.41. The topological polar surface area (TPSA) is 69.5 Å². The van der Waals surface area contributed by atoms with Crippen LogP contribution in [0, 0.1) is 0 Å². The average Bonchev–Trinajstić information content (AvgIpc) is 3.38. The van der Waals surface area contributed by atoms with Crippen LogP contribution in [0.5, 0.6) is 11.5 Å². The third-order valence-electron chi connectivity index (χ3n) is 5.59. The molecule has 134 valence electrons. The number of carbonyl (C=O) groups is 1. The standard InChI is InChI=1S/C19H20N4O3/c24-19(6-2-13-1-5-17-18(9-13)26-12-25-17)23-14-3-4-15(23)11-16(10-14)22-8-7-20-21-22/h1-2,5-9,14-16H,3-4,10-12H2/b6-2+. The Labute approximate surface area is 151 Å². The smallest absolute Gasteiger partial charge is 0.247 e. The first-order chi connectivity index (χ1) is 12.8. The van der Waals surface area contributed by atoms with Crippen molar-refractivity contribution in [3.63, 3.8) is 0 Å². The van der Waals surface area contributed by atoms with Gasteiger partial charge < -0.3 is 14.4 Å². The molecule has 0 N–H and O–H groups in total. The van der Waals surface area contributed by atoms with E-state index in [4.69, 9.17) is 9.47 Å². The van der Waals surface area contributed by atoms with Crippen molar-refractivity contribution < 1.29 is 14.3 Å². The molecular formula is C19H20N4O3. The van der Waals surface area contributed by atoms with Gasteiger partial charge in [-0.15, -0.1) is 5.10 Å². The van der Waals surface area contributed by atoms with Gasteiger partial charge in [-0.3, -0.25) is 4.79 Å². The van der Waals surface area contributed by atoms with Crippen molar-refractivity contribution in [1.29, 1.82) is 0 Å². The maximum Gasteiger partial charge on any atom is 0.247 e. The molecule has 2 atom stereocenters. The number of nitrogens with zero attached hydrogens (tertiary/aromatic N) is 4. The van der Waals surface area contributed by atoms with Crippen molar-refractivity contribution in [2.75, 3.05) is 6.79 Å². The third-order valence-corrected chi connectivity index (χ3v) is 5.59. The van der Waals surface area contributed by atoms with Crippen LogP contribution in [-0.2, 0) is 4.79 Å². The van der Waals surface area contributed by atoms with Gasteiger partial charge in [-0.05, 0) is 49.5 Å². The number of carbonyl (C=O) groups excluding carboxylic acids is 1. The van der Waals surface area contributed by atoms with E-state index in [1.54, 1.807) is 12.3 Å². The molecule has 2 aromatic rings. The third kappa shape index (κ3) is 2.64. The van der Waals surface area contributed by atoms with Crippen molar-refractivity contribution in [2.45, 2.75) is 43.8 Å². The molecule has 2 unspecified atom stereocenters. The SMILES string of the molecule is O=C(/C=C/c1ccc2c(c1)OCO2)N1C2CCC1CC(n1ccnn1)C2. The molecular weight excluding hydrogens is 332 g/mol. The Hall–Kier alpha value is -2.83. The maximum atomic E-state index is 12.8. The van der Waals surface area contributed by atoms with E-state index in [0.29, 0.717) is 6.04 Å². The van der Waals surface area contributed by atoms with E-state index in [-0.39, 0.29) is 24.8 Å². The van der Waals surface area contributed by atoms with E-state index < -0.39 is 0 Å². The van der Waals surface area contributed by atoms with Gasteiger partial charge in [0.2, 0.25) is 12.7 Å². The summed E-state index contributed by atoms with van der Waals surface area (Å²) in [7, 11) is 0. The molecule has 3 aliphatic heterocycles. The summed E-state index contributed by atoms with van der Waals surface area (Å²) in [4.78, 5) is 14.9. The van der Waals surface area contributed by atoms with Crippen molar-refractivity contribution >= 4 is 12.0 Å². The van der Waals surface area contributed by atoms with Gasteiger partial charge in [-0.1, -0.05) is 11.3 Å². The van der Waals surface area contributed by atoms with Crippen LogP contribution >= 0.6 is 0 Å². The van der Waals surface area contributed by atoms with Gasteiger partial charge in [0.15, 0.2) is 11.5 Å². The average molecular weight is 352 g/mol. The summed E-state index contributed by atoms with van der Waals surface area (Å²) < 4.78 is 12.6. The van der Waals surface area contributed by atoms with Crippen molar-refractivity contribution in [3.05, 3.63) is 42.2 Å². The van der Waals surface area contributed by atoms with Gasteiger partial charge in [0, 0.05) is 24.4 Å². The van der Waals surface area contributed by atoms with E-state index >= 15 is 0 Å². The molecule has 2 fully saturated rings. The molecule has 1 aromatic carbocycles. The van der Waals surface area contributed by atoms with Gasteiger partial charge in [0.25, 0.3) is 0 Å². The van der Waals surface area contributed by atoms with E-state index in [2.05, 4.69) is 15.2 Å². The number of amides is 1. The number of hydrogen-bond donors (Lipinski definition) is 0. The fourth-order valence-electron chi connectivity index (χ4n) is 4.41. The van der Waals surface area contributed by atoms with Crippen LogP contribution in [-0.4, -0.2) is 44.7 Å². The molecule has 7 heteroatoms. The Bertz CT molecular complexity index is 834. The number of hydrogen-bond acceptors (Lipinski definition) is 5. The quantitative estimate of drug-likeness (QED) is 0.794. The number of fused-ring (bicyclic) bond motifs is 3. The summed E-state index contributed by atoms with van der Waals surface area (Å²) in [6.45, 7) is 0.255. The van der Waals surface area contributed by atoms with E-state index in [1.165, 1.54) is 0 Å². The fourth-order valence-corrected chi connectivity index (χ4v) is 4.41. The van der Waals surface area contributed by atoms with Crippen LogP contribution in [0.1, 0.15) is 37.3 Å². The normalized spacial score (nSPS) is 26.6. The second kappa shape index (κ2) is 6.16. The Kier molecular flexibility index (Phi) is 3.65. The molecule has 2 bridgehead atoms. The highest BCUT2D eigenvalue weighted by Gasteiger charge is 2.43. The van der Waals surface area contributed by atoms with Crippen LogP contribution < -0.4 is 9.47 Å². The van der Waals surface area contributed by atoms with Crippen molar-refractivity contribution in [2.24, 2.45) is 0 Å². The van der Waals surface area contributed by atoms with Crippen LogP contribution in [0.4, 0.5) is 0 Å². The van der Waals surface area contributed by atoms with Crippen LogP contribution in [0.25, 0.3) is 6.08 Å². The number of ether oxygens (including phenoxy) is 2. The van der Waals surface area contributed by atoms with Gasteiger partial charge >= 0.3 is 0 Å². The van der Waals surface area contributed by atoms with E-state index in [0.717, 1.165) is 42.7 Å². The monoisotopic (exact) mass is 352 g/mol.